The summed E-state index contributed by atoms with van der Waals surface area (Å²) in [6, 6.07) is 10.0. The zero-order valence-corrected chi connectivity index (χ0v) is 17.7. The molecule has 0 aliphatic carbocycles. The van der Waals surface area contributed by atoms with Crippen LogP contribution in [0, 0.1) is 25.7 Å². The van der Waals surface area contributed by atoms with Crippen LogP contribution in [0.1, 0.15) is 34.6 Å². The fourth-order valence-corrected chi connectivity index (χ4v) is 4.70. The molecule has 0 radical (unpaired) electrons. The maximum absolute atomic E-state index is 13.3. The van der Waals surface area contributed by atoms with Gasteiger partial charge in [0.2, 0.25) is 0 Å². The number of carbonyl (C=O) groups is 1. The van der Waals surface area contributed by atoms with E-state index in [2.05, 4.69) is 21.7 Å². The minimum atomic E-state index is 0. The van der Waals surface area contributed by atoms with Crippen molar-refractivity contribution in [1.29, 1.82) is 0 Å². The van der Waals surface area contributed by atoms with Crippen LogP contribution in [-0.2, 0) is 0 Å². The number of nitrogens with zero attached hydrogens (tertiary/aromatic N) is 2. The summed E-state index contributed by atoms with van der Waals surface area (Å²) in [5.41, 5.74) is 3.97. The van der Waals surface area contributed by atoms with Gasteiger partial charge in [-0.1, -0.05) is 0 Å². The van der Waals surface area contributed by atoms with Crippen molar-refractivity contribution in [2.75, 3.05) is 33.3 Å². The normalized spacial score (nSPS) is 21.6. The van der Waals surface area contributed by atoms with Gasteiger partial charge in [0.1, 0.15) is 5.75 Å². The molecule has 1 amide bonds. The van der Waals surface area contributed by atoms with E-state index in [1.54, 1.807) is 7.11 Å². The summed E-state index contributed by atoms with van der Waals surface area (Å²) in [4.78, 5) is 15.3. The third kappa shape index (κ3) is 3.78. The maximum Gasteiger partial charge on any atom is 0.255 e. The predicted octanol–water partition coefficient (Wildman–Crippen LogP) is 3.60. The number of methoxy groups -OCH3 is 1. The van der Waals surface area contributed by atoms with Gasteiger partial charge in [0, 0.05) is 30.2 Å². The molecule has 0 unspecified atom stereocenters. The van der Waals surface area contributed by atoms with E-state index in [-0.39, 0.29) is 18.3 Å². The van der Waals surface area contributed by atoms with Gasteiger partial charge in [-0.25, -0.2) is 0 Å². The van der Waals surface area contributed by atoms with Crippen LogP contribution >= 0.6 is 12.4 Å². The average molecular weight is 404 g/mol. The van der Waals surface area contributed by atoms with E-state index in [1.807, 2.05) is 37.3 Å². The van der Waals surface area contributed by atoms with Crippen LogP contribution in [0.25, 0.3) is 5.69 Å². The SMILES string of the molecule is COc1ccc(-n2c(C)cc(C(=O)N3CC[C@@H]4CNC[C@@H]4CC3)c2C)cc1.Cl. The Balaban J connectivity index is 0.00000225. The van der Waals surface area contributed by atoms with Gasteiger partial charge in [-0.3, -0.25) is 4.79 Å². The Morgan fingerprint density at radius 1 is 1.07 bits per heavy atom. The largest absolute Gasteiger partial charge is 0.497 e. The van der Waals surface area contributed by atoms with Crippen LogP contribution in [0.2, 0.25) is 0 Å². The van der Waals surface area contributed by atoms with E-state index in [9.17, 15) is 4.79 Å². The zero-order chi connectivity index (χ0) is 19.0. The highest BCUT2D eigenvalue weighted by Crippen LogP contribution is 2.29. The molecule has 1 N–H and O–H groups in total. The lowest BCUT2D eigenvalue weighted by Gasteiger charge is -2.21. The summed E-state index contributed by atoms with van der Waals surface area (Å²) >= 11 is 0. The van der Waals surface area contributed by atoms with E-state index in [0.29, 0.717) is 0 Å². The number of hydrogen-bond acceptors (Lipinski definition) is 3. The van der Waals surface area contributed by atoms with Crippen molar-refractivity contribution in [1.82, 2.24) is 14.8 Å². The minimum Gasteiger partial charge on any atom is -0.497 e. The Labute approximate surface area is 173 Å². The first-order valence-electron chi connectivity index (χ1n) is 9.92. The molecular weight excluding hydrogens is 374 g/mol. The quantitative estimate of drug-likeness (QED) is 0.851. The standard InChI is InChI=1S/C22H29N3O2.ClH/c1-15-12-21(16(2)25(15)19-4-6-20(27-3)7-5-19)22(26)24-10-8-17-13-23-14-18(17)9-11-24;/h4-7,12,17-18,23H,8-11,13-14H2,1-3H3;1H/t17-,18+;. The van der Waals surface area contributed by atoms with E-state index >= 15 is 0 Å². The number of likely N-dealkylation sites (tertiary alicyclic amines) is 1. The Hall–Kier alpha value is -1.98. The fraction of sp³-hybridized carbons (Fsp3) is 0.500. The highest BCUT2D eigenvalue weighted by molar-refractivity contribution is 5.96. The molecule has 2 fully saturated rings. The summed E-state index contributed by atoms with van der Waals surface area (Å²) < 4.78 is 7.41. The highest BCUT2D eigenvalue weighted by atomic mass is 35.5. The number of aromatic nitrogens is 1. The molecule has 28 heavy (non-hydrogen) atoms. The minimum absolute atomic E-state index is 0. The molecule has 152 valence electrons. The lowest BCUT2D eigenvalue weighted by atomic mass is 9.92. The predicted molar refractivity (Wildman–Crippen MR) is 114 cm³/mol. The van der Waals surface area contributed by atoms with Crippen molar-refractivity contribution in [2.24, 2.45) is 11.8 Å². The Morgan fingerprint density at radius 2 is 1.68 bits per heavy atom. The monoisotopic (exact) mass is 403 g/mol. The van der Waals surface area contributed by atoms with E-state index in [1.165, 1.54) is 0 Å². The zero-order valence-electron chi connectivity index (χ0n) is 16.9. The molecule has 2 aromatic rings. The lowest BCUT2D eigenvalue weighted by molar-refractivity contribution is 0.0758. The molecular formula is C22H30ClN3O2. The number of nitrogens with one attached hydrogen (secondary N) is 1. The number of benzene rings is 1. The number of hydrogen-bond donors (Lipinski definition) is 1. The molecule has 4 rings (SSSR count). The van der Waals surface area contributed by atoms with Crippen LogP contribution in [0.15, 0.2) is 30.3 Å². The number of aryl methyl sites for hydroxylation is 1. The van der Waals surface area contributed by atoms with Gasteiger partial charge in [-0.15, -0.1) is 12.4 Å². The second-order valence-corrected chi connectivity index (χ2v) is 7.87. The van der Waals surface area contributed by atoms with Gasteiger partial charge in [-0.2, -0.15) is 0 Å². The Kier molecular flexibility index (Phi) is 6.36. The van der Waals surface area contributed by atoms with Gasteiger partial charge >= 0.3 is 0 Å². The van der Waals surface area contributed by atoms with Crippen molar-refractivity contribution >= 4 is 18.3 Å². The van der Waals surface area contributed by atoms with Gasteiger partial charge in [0.15, 0.2) is 0 Å². The van der Waals surface area contributed by atoms with Gasteiger partial charge in [0.25, 0.3) is 5.91 Å². The summed E-state index contributed by atoms with van der Waals surface area (Å²) in [7, 11) is 1.67. The third-order valence-corrected chi connectivity index (χ3v) is 6.30. The molecule has 6 heteroatoms. The first-order valence-corrected chi connectivity index (χ1v) is 9.92. The van der Waals surface area contributed by atoms with Gasteiger partial charge in [0.05, 0.1) is 12.7 Å². The number of fused-ring (bicyclic) bond motifs is 1. The van der Waals surface area contributed by atoms with Crippen molar-refractivity contribution in [3.63, 3.8) is 0 Å². The molecule has 2 aliphatic heterocycles. The molecule has 0 bridgehead atoms. The maximum atomic E-state index is 13.3. The van der Waals surface area contributed by atoms with E-state index in [4.69, 9.17) is 4.74 Å². The van der Waals surface area contributed by atoms with Crippen LogP contribution in [-0.4, -0.2) is 48.7 Å². The van der Waals surface area contributed by atoms with Gasteiger partial charge in [-0.05, 0) is 81.9 Å². The van der Waals surface area contributed by atoms with Crippen LogP contribution in [0.4, 0.5) is 0 Å². The second kappa shape index (κ2) is 8.58. The lowest BCUT2D eigenvalue weighted by Crippen LogP contribution is -2.33. The number of carbonyl (C=O) groups excluding carboxylic acids is 1. The number of ether oxygens (including phenoxy) is 1. The summed E-state index contributed by atoms with van der Waals surface area (Å²) in [5.74, 6) is 2.47. The van der Waals surface area contributed by atoms with Crippen LogP contribution in [0.3, 0.4) is 0 Å². The highest BCUT2D eigenvalue weighted by Gasteiger charge is 2.32. The average Bonchev–Trinajstić information content (AvgIpc) is 3.19. The molecule has 2 atom stereocenters. The number of rotatable bonds is 3. The van der Waals surface area contributed by atoms with Crippen LogP contribution < -0.4 is 10.1 Å². The molecule has 2 aliphatic rings. The first kappa shape index (κ1) is 20.7. The molecule has 5 nitrogen and oxygen atoms in total. The number of halogens is 1. The molecule has 0 spiro atoms. The smallest absolute Gasteiger partial charge is 0.255 e. The van der Waals surface area contributed by atoms with Gasteiger partial charge < -0.3 is 19.5 Å². The van der Waals surface area contributed by atoms with E-state index in [0.717, 1.165) is 79.2 Å². The second-order valence-electron chi connectivity index (χ2n) is 7.87. The van der Waals surface area contributed by atoms with Crippen molar-refractivity contribution < 1.29 is 9.53 Å². The van der Waals surface area contributed by atoms with E-state index < -0.39 is 0 Å². The fourth-order valence-electron chi connectivity index (χ4n) is 4.70. The molecule has 2 saturated heterocycles. The molecule has 0 saturated carbocycles. The third-order valence-electron chi connectivity index (χ3n) is 6.30. The Morgan fingerprint density at radius 3 is 2.25 bits per heavy atom. The van der Waals surface area contributed by atoms with Crippen molar-refractivity contribution in [2.45, 2.75) is 26.7 Å². The Bertz CT molecular complexity index is 817. The molecule has 1 aromatic heterocycles. The summed E-state index contributed by atoms with van der Waals surface area (Å²) in [5, 5.41) is 3.50. The van der Waals surface area contributed by atoms with Crippen molar-refractivity contribution in [3.05, 3.63) is 47.3 Å². The summed E-state index contributed by atoms with van der Waals surface area (Å²) in [6.07, 6.45) is 2.22. The topological polar surface area (TPSA) is 46.5 Å². The molecule has 1 aromatic carbocycles. The molecule has 3 heterocycles. The summed E-state index contributed by atoms with van der Waals surface area (Å²) in [6.45, 7) is 8.06. The van der Waals surface area contributed by atoms with Crippen molar-refractivity contribution in [3.8, 4) is 11.4 Å². The van der Waals surface area contributed by atoms with Crippen LogP contribution in [0.5, 0.6) is 5.75 Å². The first-order chi connectivity index (χ1) is 13.1. The number of amides is 1.